The van der Waals surface area contributed by atoms with E-state index in [0.717, 1.165) is 12.1 Å². The van der Waals surface area contributed by atoms with E-state index in [1.807, 2.05) is 13.8 Å². The summed E-state index contributed by atoms with van der Waals surface area (Å²) in [6.07, 6.45) is -4.20. The van der Waals surface area contributed by atoms with E-state index in [-0.39, 0.29) is 16.8 Å². The highest BCUT2D eigenvalue weighted by Gasteiger charge is 2.59. The average Bonchev–Trinajstić information content (AvgIpc) is 2.79. The summed E-state index contributed by atoms with van der Waals surface area (Å²) < 4.78 is 43.5. The van der Waals surface area contributed by atoms with E-state index in [9.17, 15) is 22.8 Å². The number of thioether (sulfide) groups is 1. The van der Waals surface area contributed by atoms with E-state index in [1.54, 1.807) is 0 Å². The van der Waals surface area contributed by atoms with Crippen molar-refractivity contribution in [1.29, 1.82) is 0 Å². The zero-order valence-corrected chi connectivity index (χ0v) is 15.6. The first-order chi connectivity index (χ1) is 12.5. The molecule has 6 nitrogen and oxygen atoms in total. The van der Waals surface area contributed by atoms with Gasteiger partial charge in [-0.15, -0.1) is 11.8 Å². The van der Waals surface area contributed by atoms with Crippen LogP contribution in [0.4, 0.5) is 13.2 Å². The van der Waals surface area contributed by atoms with Gasteiger partial charge in [-0.1, -0.05) is 6.07 Å². The molecule has 0 aliphatic carbocycles. The van der Waals surface area contributed by atoms with Crippen molar-refractivity contribution in [3.8, 4) is 0 Å². The van der Waals surface area contributed by atoms with Crippen molar-refractivity contribution in [3.63, 3.8) is 0 Å². The first-order valence-electron chi connectivity index (χ1n) is 8.04. The van der Waals surface area contributed by atoms with Crippen molar-refractivity contribution in [2.45, 2.75) is 42.6 Å². The molecule has 10 heteroatoms. The molecule has 0 radical (unpaired) electrons. The summed E-state index contributed by atoms with van der Waals surface area (Å²) in [5, 5.41) is 3.46. The van der Waals surface area contributed by atoms with Crippen LogP contribution in [0.3, 0.4) is 0 Å². The molecule has 0 unspecified atom stereocenters. The van der Waals surface area contributed by atoms with Crippen molar-refractivity contribution in [2.24, 2.45) is 5.16 Å². The van der Waals surface area contributed by atoms with Crippen LogP contribution in [-0.4, -0.2) is 45.9 Å². The average molecular weight is 402 g/mol. The summed E-state index contributed by atoms with van der Waals surface area (Å²) >= 11 is 1.48. The maximum Gasteiger partial charge on any atom is 0.416 e. The van der Waals surface area contributed by atoms with Gasteiger partial charge in [0.1, 0.15) is 13.2 Å². The number of ether oxygens (including phenoxy) is 1. The molecule has 1 amide bonds. The Morgan fingerprint density at radius 1 is 1.37 bits per heavy atom. The molecule has 1 aromatic carbocycles. The molecule has 0 aromatic heterocycles. The number of β-lactam (4-membered cyclic amide) rings is 1. The number of hydrogen-bond acceptors (Lipinski definition) is 6. The standard InChI is InChI=1S/C17H17F3N2O4S/c1-16(2)13(22-11(23)8-12(22)27-16)15(24)26-14(21-25-3)9-5-4-6-10(7-9)17(18,19)20/h4-7,12-13H,8H2,1-3H3/b21-14-/t12-,13+/m1/s1. The Morgan fingerprint density at radius 3 is 2.67 bits per heavy atom. The summed E-state index contributed by atoms with van der Waals surface area (Å²) in [6, 6.07) is 3.36. The van der Waals surface area contributed by atoms with E-state index in [2.05, 4.69) is 9.99 Å². The predicted octanol–water partition coefficient (Wildman–Crippen LogP) is 3.01. The normalized spacial score (nSPS) is 24.3. The lowest BCUT2D eigenvalue weighted by Gasteiger charge is -2.37. The van der Waals surface area contributed by atoms with Crippen LogP contribution in [0.15, 0.2) is 29.4 Å². The van der Waals surface area contributed by atoms with E-state index in [1.165, 1.54) is 35.9 Å². The molecule has 0 spiro atoms. The largest absolute Gasteiger partial charge is 0.416 e. The summed E-state index contributed by atoms with van der Waals surface area (Å²) in [5.74, 6) is -1.33. The van der Waals surface area contributed by atoms with Crippen LogP contribution in [-0.2, 0) is 25.3 Å². The van der Waals surface area contributed by atoms with E-state index >= 15 is 0 Å². The van der Waals surface area contributed by atoms with Crippen LogP contribution < -0.4 is 0 Å². The highest BCUT2D eigenvalue weighted by atomic mass is 32.2. The molecule has 1 aromatic rings. The fourth-order valence-electron chi connectivity index (χ4n) is 3.15. The van der Waals surface area contributed by atoms with Gasteiger partial charge in [-0.2, -0.15) is 13.2 Å². The lowest BCUT2D eigenvalue weighted by atomic mass is 9.98. The predicted molar refractivity (Wildman–Crippen MR) is 91.8 cm³/mol. The Bertz CT molecular complexity index is 810. The van der Waals surface area contributed by atoms with Gasteiger partial charge in [-0.3, -0.25) is 4.79 Å². The van der Waals surface area contributed by atoms with Gasteiger partial charge in [0.05, 0.1) is 17.4 Å². The SMILES string of the molecule is CO/N=C(\OC(=O)[C@@H]1N2C(=O)C[C@H]2SC1(C)C)c1cccc(C(F)(F)F)c1. The number of esters is 1. The molecule has 3 rings (SSSR count). The lowest BCUT2D eigenvalue weighted by Crippen LogP contribution is -2.57. The minimum atomic E-state index is -4.56. The van der Waals surface area contributed by atoms with Crippen molar-refractivity contribution < 1.29 is 32.3 Å². The number of nitrogens with zero attached hydrogens (tertiary/aromatic N) is 2. The maximum absolute atomic E-state index is 12.9. The zero-order chi connectivity index (χ0) is 20.0. The topological polar surface area (TPSA) is 68.2 Å². The number of hydrogen-bond donors (Lipinski definition) is 0. The van der Waals surface area contributed by atoms with Gasteiger partial charge in [0.25, 0.3) is 5.90 Å². The number of amides is 1. The van der Waals surface area contributed by atoms with Gasteiger partial charge in [0.2, 0.25) is 5.91 Å². The van der Waals surface area contributed by atoms with Crippen LogP contribution in [0.5, 0.6) is 0 Å². The van der Waals surface area contributed by atoms with Gasteiger partial charge in [0.15, 0.2) is 0 Å². The second-order valence-corrected chi connectivity index (χ2v) is 8.49. The summed E-state index contributed by atoms with van der Waals surface area (Å²) in [6.45, 7) is 3.62. The summed E-state index contributed by atoms with van der Waals surface area (Å²) in [5.41, 5.74) is -0.968. The Labute approximate surface area is 157 Å². The van der Waals surface area contributed by atoms with Crippen LogP contribution in [0.2, 0.25) is 0 Å². The molecule has 2 atom stereocenters. The Morgan fingerprint density at radius 2 is 2.07 bits per heavy atom. The second-order valence-electron chi connectivity index (χ2n) is 6.66. The quantitative estimate of drug-likeness (QED) is 0.256. The third-order valence-electron chi connectivity index (χ3n) is 4.36. The Balaban J connectivity index is 1.86. The number of rotatable bonds is 3. The van der Waals surface area contributed by atoms with Gasteiger partial charge < -0.3 is 14.5 Å². The van der Waals surface area contributed by atoms with E-state index < -0.39 is 34.4 Å². The third kappa shape index (κ3) is 3.62. The smallest absolute Gasteiger partial charge is 0.402 e. The first kappa shape index (κ1) is 19.5. The number of carbonyl (C=O) groups excluding carboxylic acids is 2. The zero-order valence-electron chi connectivity index (χ0n) is 14.7. The highest BCUT2D eigenvalue weighted by molar-refractivity contribution is 8.01. The Kier molecular flexibility index (Phi) is 4.87. The minimum absolute atomic E-state index is 0.0602. The van der Waals surface area contributed by atoms with Crippen LogP contribution in [0, 0.1) is 0 Å². The molecule has 146 valence electrons. The number of halogens is 3. The minimum Gasteiger partial charge on any atom is -0.402 e. The van der Waals surface area contributed by atoms with Crippen molar-refractivity contribution in [3.05, 3.63) is 35.4 Å². The molecule has 0 bridgehead atoms. The van der Waals surface area contributed by atoms with Gasteiger partial charge in [0, 0.05) is 10.3 Å². The van der Waals surface area contributed by atoms with Gasteiger partial charge >= 0.3 is 12.1 Å². The highest BCUT2D eigenvalue weighted by Crippen LogP contribution is 2.50. The van der Waals surface area contributed by atoms with Crippen LogP contribution >= 0.6 is 11.8 Å². The number of alkyl halides is 3. The van der Waals surface area contributed by atoms with Crippen molar-refractivity contribution in [2.75, 3.05) is 7.11 Å². The molecule has 2 aliphatic rings. The fourth-order valence-corrected chi connectivity index (χ4v) is 4.77. The van der Waals surface area contributed by atoms with Crippen molar-refractivity contribution >= 4 is 29.5 Å². The number of benzene rings is 1. The summed E-state index contributed by atoms with van der Waals surface area (Å²) in [7, 11) is 1.19. The van der Waals surface area contributed by atoms with Crippen molar-refractivity contribution in [1.82, 2.24) is 4.90 Å². The van der Waals surface area contributed by atoms with Gasteiger partial charge in [-0.05, 0) is 37.2 Å². The molecule has 2 heterocycles. The molecular formula is C17H17F3N2O4S. The monoisotopic (exact) mass is 402 g/mol. The third-order valence-corrected chi connectivity index (χ3v) is 5.85. The fraction of sp³-hybridized carbons (Fsp3) is 0.471. The van der Waals surface area contributed by atoms with E-state index in [4.69, 9.17) is 4.74 Å². The number of fused-ring (bicyclic) bond motifs is 1. The maximum atomic E-state index is 12.9. The molecule has 2 fully saturated rings. The molecule has 0 saturated carbocycles. The van der Waals surface area contributed by atoms with Crippen LogP contribution in [0.25, 0.3) is 0 Å². The Hall–Kier alpha value is -2.23. The number of oxime groups is 1. The molecule has 0 N–H and O–H groups in total. The molecule has 27 heavy (non-hydrogen) atoms. The summed E-state index contributed by atoms with van der Waals surface area (Å²) in [4.78, 5) is 30.7. The van der Waals surface area contributed by atoms with Crippen LogP contribution in [0.1, 0.15) is 31.4 Å². The molecular weight excluding hydrogens is 385 g/mol. The second kappa shape index (κ2) is 6.74. The van der Waals surface area contributed by atoms with E-state index in [0.29, 0.717) is 6.42 Å². The molecule has 2 saturated heterocycles. The van der Waals surface area contributed by atoms with Gasteiger partial charge in [-0.25, -0.2) is 4.79 Å². The molecule has 2 aliphatic heterocycles. The first-order valence-corrected chi connectivity index (χ1v) is 8.92. The lowest BCUT2D eigenvalue weighted by molar-refractivity contribution is -0.156. The number of carbonyl (C=O) groups is 2.